The lowest BCUT2D eigenvalue weighted by Gasteiger charge is -2.23. The average Bonchev–Trinajstić information content (AvgIpc) is 2.39. The first-order chi connectivity index (χ1) is 8.74. The molecule has 1 aromatic carbocycles. The van der Waals surface area contributed by atoms with Gasteiger partial charge in [0.1, 0.15) is 5.82 Å². The van der Waals surface area contributed by atoms with Crippen molar-refractivity contribution in [2.45, 2.75) is 18.9 Å². The van der Waals surface area contributed by atoms with E-state index in [0.717, 1.165) is 31.5 Å². The van der Waals surface area contributed by atoms with Gasteiger partial charge in [-0.15, -0.1) is 0 Å². The smallest absolute Gasteiger partial charge is 0.244 e. The number of nitrogens with one attached hydrogen (secondary N) is 2. The molecule has 1 aromatic rings. The molecule has 2 rings (SSSR count). The maximum atomic E-state index is 12.7. The van der Waals surface area contributed by atoms with E-state index in [0.29, 0.717) is 0 Å². The van der Waals surface area contributed by atoms with E-state index >= 15 is 0 Å². The third-order valence-corrected chi connectivity index (χ3v) is 2.94. The summed E-state index contributed by atoms with van der Waals surface area (Å²) in [6.07, 6.45) is 5.28. The van der Waals surface area contributed by atoms with E-state index in [9.17, 15) is 9.18 Å². The molecule has 1 amide bonds. The van der Waals surface area contributed by atoms with E-state index in [4.69, 9.17) is 0 Å². The van der Waals surface area contributed by atoms with E-state index in [1.807, 2.05) is 0 Å². The Morgan fingerprint density at radius 2 is 2.17 bits per heavy atom. The van der Waals surface area contributed by atoms with E-state index in [1.165, 1.54) is 18.2 Å². The Bertz CT molecular complexity index is 422. The lowest BCUT2D eigenvalue weighted by molar-refractivity contribution is -0.117. The van der Waals surface area contributed by atoms with Crippen LogP contribution in [0.15, 0.2) is 30.3 Å². The van der Waals surface area contributed by atoms with Crippen LogP contribution in [0.1, 0.15) is 18.4 Å². The molecular formula is C14H17FN2O. The largest absolute Gasteiger partial charge is 0.349 e. The summed E-state index contributed by atoms with van der Waals surface area (Å²) in [6, 6.07) is 6.25. The number of carbonyl (C=O) groups is 1. The zero-order valence-electron chi connectivity index (χ0n) is 10.2. The predicted molar refractivity (Wildman–Crippen MR) is 69.5 cm³/mol. The van der Waals surface area contributed by atoms with Gasteiger partial charge in [0.15, 0.2) is 0 Å². The van der Waals surface area contributed by atoms with Gasteiger partial charge in [0.05, 0.1) is 0 Å². The lowest BCUT2D eigenvalue weighted by Crippen LogP contribution is -2.45. The summed E-state index contributed by atoms with van der Waals surface area (Å²) in [6.45, 7) is 1.86. The van der Waals surface area contributed by atoms with Crippen LogP contribution in [0.3, 0.4) is 0 Å². The van der Waals surface area contributed by atoms with Crippen LogP contribution in [0.4, 0.5) is 4.39 Å². The monoisotopic (exact) mass is 248 g/mol. The van der Waals surface area contributed by atoms with E-state index < -0.39 is 0 Å². The maximum absolute atomic E-state index is 12.7. The summed E-state index contributed by atoms with van der Waals surface area (Å²) in [5.41, 5.74) is 0.813. The van der Waals surface area contributed by atoms with Gasteiger partial charge in [0, 0.05) is 18.7 Å². The first-order valence-electron chi connectivity index (χ1n) is 6.19. The van der Waals surface area contributed by atoms with Gasteiger partial charge >= 0.3 is 0 Å². The number of rotatable bonds is 3. The topological polar surface area (TPSA) is 41.1 Å². The summed E-state index contributed by atoms with van der Waals surface area (Å²) in [5, 5.41) is 6.18. The van der Waals surface area contributed by atoms with Crippen molar-refractivity contribution in [3.63, 3.8) is 0 Å². The summed E-state index contributed by atoms with van der Waals surface area (Å²) in [7, 11) is 0. The minimum absolute atomic E-state index is 0.104. The first kappa shape index (κ1) is 12.8. The molecule has 18 heavy (non-hydrogen) atoms. The number of hydrogen-bond acceptors (Lipinski definition) is 2. The van der Waals surface area contributed by atoms with Crippen molar-refractivity contribution < 1.29 is 9.18 Å². The second-order valence-corrected chi connectivity index (χ2v) is 4.44. The van der Waals surface area contributed by atoms with Crippen LogP contribution in [0, 0.1) is 5.82 Å². The van der Waals surface area contributed by atoms with Gasteiger partial charge in [0.2, 0.25) is 5.91 Å². The van der Waals surface area contributed by atoms with Gasteiger partial charge < -0.3 is 10.6 Å². The third kappa shape index (κ3) is 3.96. The average molecular weight is 248 g/mol. The van der Waals surface area contributed by atoms with Crippen molar-refractivity contribution in [2.75, 3.05) is 13.1 Å². The van der Waals surface area contributed by atoms with Gasteiger partial charge in [-0.3, -0.25) is 4.79 Å². The molecule has 1 aliphatic rings. The van der Waals surface area contributed by atoms with Gasteiger partial charge in [-0.25, -0.2) is 4.39 Å². The van der Waals surface area contributed by atoms with Gasteiger partial charge in [0.25, 0.3) is 0 Å². The summed E-state index contributed by atoms with van der Waals surface area (Å²) in [5.74, 6) is -0.377. The molecule has 0 spiro atoms. The second kappa shape index (κ2) is 6.31. The van der Waals surface area contributed by atoms with Crippen molar-refractivity contribution in [3.05, 3.63) is 41.7 Å². The lowest BCUT2D eigenvalue weighted by atomic mass is 10.1. The standard InChI is InChI=1S/C14H17FN2O/c15-12-6-3-11(4-7-12)5-8-14(18)17-13-2-1-9-16-10-13/h3-8,13,16H,1-2,9-10H2,(H,17,18)/b8-5+. The van der Waals surface area contributed by atoms with E-state index in [1.54, 1.807) is 18.2 Å². The highest BCUT2D eigenvalue weighted by atomic mass is 19.1. The fourth-order valence-electron chi connectivity index (χ4n) is 1.97. The Morgan fingerprint density at radius 3 is 2.83 bits per heavy atom. The van der Waals surface area contributed by atoms with Gasteiger partial charge in [-0.1, -0.05) is 12.1 Å². The number of hydrogen-bond donors (Lipinski definition) is 2. The number of amides is 1. The zero-order chi connectivity index (χ0) is 12.8. The highest BCUT2D eigenvalue weighted by molar-refractivity contribution is 5.91. The number of carbonyl (C=O) groups excluding carboxylic acids is 1. The fourth-order valence-corrected chi connectivity index (χ4v) is 1.97. The van der Waals surface area contributed by atoms with Crippen LogP contribution in [-0.2, 0) is 4.79 Å². The Morgan fingerprint density at radius 1 is 1.39 bits per heavy atom. The van der Waals surface area contributed by atoms with Gasteiger partial charge in [-0.2, -0.15) is 0 Å². The number of halogens is 1. The number of piperidine rings is 1. The van der Waals surface area contributed by atoms with Crippen molar-refractivity contribution in [2.24, 2.45) is 0 Å². The summed E-state index contributed by atoms with van der Waals surface area (Å²) < 4.78 is 12.7. The Labute approximate surface area is 106 Å². The van der Waals surface area contributed by atoms with Crippen LogP contribution < -0.4 is 10.6 Å². The zero-order valence-corrected chi connectivity index (χ0v) is 10.2. The van der Waals surface area contributed by atoms with Gasteiger partial charge in [-0.05, 0) is 43.2 Å². The van der Waals surface area contributed by atoms with Crippen LogP contribution in [0.2, 0.25) is 0 Å². The van der Waals surface area contributed by atoms with Crippen molar-refractivity contribution in [3.8, 4) is 0 Å². The van der Waals surface area contributed by atoms with Crippen LogP contribution in [0.25, 0.3) is 6.08 Å². The maximum Gasteiger partial charge on any atom is 0.244 e. The van der Waals surface area contributed by atoms with Crippen LogP contribution in [0.5, 0.6) is 0 Å². The molecule has 4 heteroatoms. The molecule has 3 nitrogen and oxygen atoms in total. The minimum Gasteiger partial charge on any atom is -0.349 e. The van der Waals surface area contributed by atoms with Crippen LogP contribution >= 0.6 is 0 Å². The highest BCUT2D eigenvalue weighted by Gasteiger charge is 2.13. The molecule has 0 radical (unpaired) electrons. The molecule has 1 heterocycles. The SMILES string of the molecule is O=C(/C=C/c1ccc(F)cc1)NC1CCCNC1. The fraction of sp³-hybridized carbons (Fsp3) is 0.357. The Hall–Kier alpha value is -1.68. The van der Waals surface area contributed by atoms with Crippen molar-refractivity contribution in [1.82, 2.24) is 10.6 Å². The molecular weight excluding hydrogens is 231 g/mol. The molecule has 1 atom stereocenters. The second-order valence-electron chi connectivity index (χ2n) is 4.44. The molecule has 0 bridgehead atoms. The predicted octanol–water partition coefficient (Wildman–Crippen LogP) is 1.71. The van der Waals surface area contributed by atoms with E-state index in [-0.39, 0.29) is 17.8 Å². The molecule has 0 aliphatic carbocycles. The molecule has 96 valence electrons. The first-order valence-corrected chi connectivity index (χ1v) is 6.19. The summed E-state index contributed by atoms with van der Waals surface area (Å²) >= 11 is 0. The summed E-state index contributed by atoms with van der Waals surface area (Å²) in [4.78, 5) is 11.7. The molecule has 0 saturated carbocycles. The minimum atomic E-state index is -0.273. The quantitative estimate of drug-likeness (QED) is 0.799. The van der Waals surface area contributed by atoms with Crippen molar-refractivity contribution >= 4 is 12.0 Å². The molecule has 2 N–H and O–H groups in total. The third-order valence-electron chi connectivity index (χ3n) is 2.94. The Kier molecular flexibility index (Phi) is 4.47. The molecule has 1 saturated heterocycles. The van der Waals surface area contributed by atoms with E-state index in [2.05, 4.69) is 10.6 Å². The molecule has 1 unspecified atom stereocenters. The molecule has 0 aromatic heterocycles. The highest BCUT2D eigenvalue weighted by Crippen LogP contribution is 2.05. The molecule has 1 fully saturated rings. The van der Waals surface area contributed by atoms with Crippen LogP contribution in [-0.4, -0.2) is 25.0 Å². The number of benzene rings is 1. The van der Waals surface area contributed by atoms with Crippen molar-refractivity contribution in [1.29, 1.82) is 0 Å². The molecule has 1 aliphatic heterocycles. The Balaban J connectivity index is 1.84. The normalized spacial score (nSPS) is 19.9.